The van der Waals surface area contributed by atoms with Gasteiger partial charge in [0.2, 0.25) is 5.91 Å². The van der Waals surface area contributed by atoms with E-state index in [9.17, 15) is 23.2 Å². The number of methoxy groups -OCH3 is 1. The SMILES string of the molecule is COc1ccc(N2C(=O)[C@@H](CC(=O)Nc3ccc(F)cc3)N(Cc3cccc(F)c3)C2=O)cc1. The van der Waals surface area contributed by atoms with Crippen LogP contribution in [0.4, 0.5) is 25.0 Å². The van der Waals surface area contributed by atoms with E-state index in [0.717, 1.165) is 4.90 Å². The van der Waals surface area contributed by atoms with Crippen molar-refractivity contribution in [3.63, 3.8) is 0 Å². The van der Waals surface area contributed by atoms with Crippen LogP contribution in [-0.2, 0) is 16.1 Å². The van der Waals surface area contributed by atoms with Gasteiger partial charge in [-0.05, 0) is 66.2 Å². The number of amides is 4. The van der Waals surface area contributed by atoms with Crippen molar-refractivity contribution in [3.8, 4) is 5.75 Å². The van der Waals surface area contributed by atoms with Crippen LogP contribution in [0.25, 0.3) is 0 Å². The van der Waals surface area contributed by atoms with Gasteiger partial charge in [-0.3, -0.25) is 9.59 Å². The average molecular weight is 465 g/mol. The number of hydrogen-bond acceptors (Lipinski definition) is 4. The van der Waals surface area contributed by atoms with Crippen molar-refractivity contribution in [2.45, 2.75) is 19.0 Å². The van der Waals surface area contributed by atoms with Crippen LogP contribution in [0, 0.1) is 11.6 Å². The molecule has 9 heteroatoms. The van der Waals surface area contributed by atoms with Crippen LogP contribution in [0.5, 0.6) is 5.75 Å². The zero-order chi connectivity index (χ0) is 24.2. The molecule has 0 aromatic heterocycles. The molecule has 0 aliphatic carbocycles. The van der Waals surface area contributed by atoms with E-state index in [2.05, 4.69) is 5.32 Å². The number of hydrogen-bond donors (Lipinski definition) is 1. The van der Waals surface area contributed by atoms with Crippen molar-refractivity contribution < 1.29 is 27.9 Å². The number of benzene rings is 3. The number of nitrogens with zero attached hydrogens (tertiary/aromatic N) is 2. The Morgan fingerprint density at radius 2 is 1.68 bits per heavy atom. The van der Waals surface area contributed by atoms with E-state index >= 15 is 0 Å². The first-order valence-corrected chi connectivity index (χ1v) is 10.4. The predicted octanol–water partition coefficient (Wildman–Crippen LogP) is 4.34. The molecule has 3 aromatic rings. The van der Waals surface area contributed by atoms with Crippen LogP contribution in [0.2, 0.25) is 0 Å². The first-order valence-electron chi connectivity index (χ1n) is 10.4. The third kappa shape index (κ3) is 4.88. The lowest BCUT2D eigenvalue weighted by Gasteiger charge is -2.21. The van der Waals surface area contributed by atoms with Crippen molar-refractivity contribution >= 4 is 29.2 Å². The maximum absolute atomic E-state index is 13.7. The number of rotatable bonds is 7. The Balaban J connectivity index is 1.60. The van der Waals surface area contributed by atoms with Crippen LogP contribution >= 0.6 is 0 Å². The van der Waals surface area contributed by atoms with Crippen molar-refractivity contribution in [2.75, 3.05) is 17.3 Å². The number of ether oxygens (including phenoxy) is 1. The van der Waals surface area contributed by atoms with E-state index in [-0.39, 0.29) is 13.0 Å². The first kappa shape index (κ1) is 22.9. The molecule has 1 N–H and O–H groups in total. The van der Waals surface area contributed by atoms with E-state index in [1.165, 1.54) is 54.5 Å². The topological polar surface area (TPSA) is 79.0 Å². The Hall–Kier alpha value is -4.27. The number of halogens is 2. The summed E-state index contributed by atoms with van der Waals surface area (Å²) in [6, 6.07) is 15.5. The second kappa shape index (κ2) is 9.70. The fourth-order valence-corrected chi connectivity index (χ4v) is 3.74. The molecule has 1 aliphatic heterocycles. The zero-order valence-electron chi connectivity index (χ0n) is 18.2. The van der Waals surface area contributed by atoms with Crippen LogP contribution in [0.3, 0.4) is 0 Å². The molecule has 1 atom stereocenters. The number of anilines is 2. The Labute approximate surface area is 194 Å². The van der Waals surface area contributed by atoms with Crippen molar-refractivity contribution in [3.05, 3.63) is 90.0 Å². The summed E-state index contributed by atoms with van der Waals surface area (Å²) in [4.78, 5) is 41.5. The molecular weight excluding hydrogens is 444 g/mol. The van der Waals surface area contributed by atoms with E-state index in [1.807, 2.05) is 0 Å². The summed E-state index contributed by atoms with van der Waals surface area (Å²) in [5.74, 6) is -1.49. The second-order valence-corrected chi connectivity index (χ2v) is 7.69. The lowest BCUT2D eigenvalue weighted by molar-refractivity contribution is -0.124. The molecule has 1 heterocycles. The van der Waals surface area contributed by atoms with Crippen LogP contribution in [0.15, 0.2) is 72.8 Å². The zero-order valence-corrected chi connectivity index (χ0v) is 18.2. The third-order valence-corrected chi connectivity index (χ3v) is 5.40. The van der Waals surface area contributed by atoms with Gasteiger partial charge >= 0.3 is 6.03 Å². The Kier molecular flexibility index (Phi) is 6.53. The minimum Gasteiger partial charge on any atom is -0.497 e. The highest BCUT2D eigenvalue weighted by Gasteiger charge is 2.46. The van der Waals surface area contributed by atoms with Crippen LogP contribution in [-0.4, -0.2) is 35.9 Å². The number of nitrogens with one attached hydrogen (secondary N) is 1. The van der Waals surface area contributed by atoms with Gasteiger partial charge in [0.1, 0.15) is 23.4 Å². The Bertz CT molecular complexity index is 1220. The molecule has 0 saturated carbocycles. The van der Waals surface area contributed by atoms with Gasteiger partial charge in [-0.25, -0.2) is 18.5 Å². The van der Waals surface area contributed by atoms with Crippen molar-refractivity contribution in [1.82, 2.24) is 4.90 Å². The molecule has 1 saturated heterocycles. The summed E-state index contributed by atoms with van der Waals surface area (Å²) in [6.45, 7) is -0.0660. The molecule has 0 bridgehead atoms. The summed E-state index contributed by atoms with van der Waals surface area (Å²) >= 11 is 0. The highest BCUT2D eigenvalue weighted by molar-refractivity contribution is 6.22. The summed E-state index contributed by atoms with van der Waals surface area (Å²) in [5.41, 5.74) is 1.15. The van der Waals surface area contributed by atoms with E-state index in [4.69, 9.17) is 4.74 Å². The van der Waals surface area contributed by atoms with Gasteiger partial charge in [0.25, 0.3) is 5.91 Å². The van der Waals surface area contributed by atoms with Gasteiger partial charge in [-0.15, -0.1) is 0 Å². The van der Waals surface area contributed by atoms with E-state index in [0.29, 0.717) is 22.7 Å². The summed E-state index contributed by atoms with van der Waals surface area (Å²) < 4.78 is 32.0. The minimum atomic E-state index is -1.11. The fourth-order valence-electron chi connectivity index (χ4n) is 3.74. The average Bonchev–Trinajstić information content (AvgIpc) is 3.04. The van der Waals surface area contributed by atoms with Gasteiger partial charge in [0, 0.05) is 12.2 Å². The number of carbonyl (C=O) groups is 3. The van der Waals surface area contributed by atoms with Crippen molar-refractivity contribution in [2.24, 2.45) is 0 Å². The second-order valence-electron chi connectivity index (χ2n) is 7.69. The quantitative estimate of drug-likeness (QED) is 0.527. The molecule has 4 amide bonds. The molecule has 0 radical (unpaired) electrons. The summed E-state index contributed by atoms with van der Waals surface area (Å²) in [7, 11) is 1.50. The maximum Gasteiger partial charge on any atom is 0.332 e. The van der Waals surface area contributed by atoms with Gasteiger partial charge in [0.05, 0.1) is 19.2 Å². The fraction of sp³-hybridized carbons (Fsp3) is 0.160. The van der Waals surface area contributed by atoms with Gasteiger partial charge < -0.3 is 15.0 Å². The Morgan fingerprint density at radius 1 is 0.971 bits per heavy atom. The molecule has 4 rings (SSSR count). The molecule has 1 aliphatic rings. The molecule has 3 aromatic carbocycles. The first-order chi connectivity index (χ1) is 16.4. The van der Waals surface area contributed by atoms with Gasteiger partial charge in [0.15, 0.2) is 0 Å². The van der Waals surface area contributed by atoms with E-state index in [1.54, 1.807) is 30.3 Å². The number of urea groups is 1. The molecule has 34 heavy (non-hydrogen) atoms. The molecular formula is C25H21F2N3O4. The van der Waals surface area contributed by atoms with Crippen molar-refractivity contribution in [1.29, 1.82) is 0 Å². The summed E-state index contributed by atoms with van der Waals surface area (Å²) in [5, 5.41) is 2.60. The lowest BCUT2D eigenvalue weighted by Crippen LogP contribution is -2.37. The van der Waals surface area contributed by atoms with Gasteiger partial charge in [-0.2, -0.15) is 0 Å². The highest BCUT2D eigenvalue weighted by atomic mass is 19.1. The lowest BCUT2D eigenvalue weighted by atomic mass is 10.1. The van der Waals surface area contributed by atoms with Crippen LogP contribution < -0.4 is 15.0 Å². The Morgan fingerprint density at radius 3 is 2.32 bits per heavy atom. The third-order valence-electron chi connectivity index (χ3n) is 5.40. The van der Waals surface area contributed by atoms with Crippen LogP contribution in [0.1, 0.15) is 12.0 Å². The molecule has 0 unspecified atom stereocenters. The molecule has 1 fully saturated rings. The molecule has 7 nitrogen and oxygen atoms in total. The number of imide groups is 1. The summed E-state index contributed by atoms with van der Waals surface area (Å²) in [6.07, 6.45) is -0.329. The minimum absolute atomic E-state index is 0.0660. The molecule has 174 valence electrons. The number of carbonyl (C=O) groups excluding carboxylic acids is 3. The predicted molar refractivity (Wildman–Crippen MR) is 121 cm³/mol. The molecule has 0 spiro atoms. The highest BCUT2D eigenvalue weighted by Crippen LogP contribution is 2.30. The van der Waals surface area contributed by atoms with E-state index < -0.39 is 35.5 Å². The normalized spacial score (nSPS) is 15.6. The smallest absolute Gasteiger partial charge is 0.332 e. The maximum atomic E-state index is 13.7. The largest absolute Gasteiger partial charge is 0.497 e. The monoisotopic (exact) mass is 465 g/mol. The van der Waals surface area contributed by atoms with Gasteiger partial charge in [-0.1, -0.05) is 12.1 Å². The standard InChI is InChI=1S/C25H21F2N3O4/c1-34-21-11-9-20(10-12-21)30-24(32)22(14-23(31)28-19-7-5-17(26)6-8-19)29(25(30)33)15-16-3-2-4-18(27)13-16/h2-13,22H,14-15H2,1H3,(H,28,31)/t22-/m1/s1.